The van der Waals surface area contributed by atoms with E-state index in [1.807, 2.05) is 12.2 Å². The van der Waals surface area contributed by atoms with E-state index in [2.05, 4.69) is 10.1 Å². The first-order valence-corrected chi connectivity index (χ1v) is 7.01. The summed E-state index contributed by atoms with van der Waals surface area (Å²) in [5.74, 6) is -2.97. The molecule has 0 fully saturated rings. The monoisotopic (exact) mass is 309 g/mol. The van der Waals surface area contributed by atoms with Crippen LogP contribution in [0.25, 0.3) is 0 Å². The molecule has 118 valence electrons. The summed E-state index contributed by atoms with van der Waals surface area (Å²) in [6.45, 7) is 0. The van der Waals surface area contributed by atoms with Crippen LogP contribution in [0.15, 0.2) is 30.4 Å². The van der Waals surface area contributed by atoms with E-state index >= 15 is 0 Å². The number of rotatable bonds is 4. The van der Waals surface area contributed by atoms with Crippen LogP contribution in [-0.4, -0.2) is 19.0 Å². The second kappa shape index (κ2) is 7.15. The lowest BCUT2D eigenvalue weighted by molar-refractivity contribution is -0.146. The summed E-state index contributed by atoms with van der Waals surface area (Å²) in [5, 5.41) is 2.47. The summed E-state index contributed by atoms with van der Waals surface area (Å²) >= 11 is 0. The number of carbonyl (C=O) groups is 2. The van der Waals surface area contributed by atoms with Crippen molar-refractivity contribution in [3.05, 3.63) is 47.5 Å². The molecule has 1 N–H and O–H groups in total. The predicted molar refractivity (Wildman–Crippen MR) is 75.7 cm³/mol. The molecule has 1 amide bonds. The first kappa shape index (κ1) is 16.1. The number of nitrogens with one attached hydrogen (secondary N) is 1. The average molecular weight is 309 g/mol. The van der Waals surface area contributed by atoms with Gasteiger partial charge in [-0.05, 0) is 37.5 Å². The van der Waals surface area contributed by atoms with Crippen LogP contribution in [0, 0.1) is 17.6 Å². The summed E-state index contributed by atoms with van der Waals surface area (Å²) in [7, 11) is 1.13. The maximum atomic E-state index is 13.9. The molecule has 0 radical (unpaired) electrons. The van der Waals surface area contributed by atoms with E-state index in [1.54, 1.807) is 0 Å². The Kier molecular flexibility index (Phi) is 5.25. The summed E-state index contributed by atoms with van der Waals surface area (Å²) in [6.07, 6.45) is 5.86. The minimum atomic E-state index is -1.36. The van der Waals surface area contributed by atoms with Gasteiger partial charge in [-0.15, -0.1) is 0 Å². The summed E-state index contributed by atoms with van der Waals surface area (Å²) in [5.41, 5.74) is -0.244. The summed E-state index contributed by atoms with van der Waals surface area (Å²) < 4.78 is 31.8. The van der Waals surface area contributed by atoms with Crippen LogP contribution in [-0.2, 0) is 14.3 Å². The highest BCUT2D eigenvalue weighted by atomic mass is 19.1. The number of carbonyl (C=O) groups excluding carboxylic acids is 2. The number of hydrogen-bond donors (Lipinski definition) is 1. The largest absolute Gasteiger partial charge is 0.467 e. The van der Waals surface area contributed by atoms with E-state index in [9.17, 15) is 18.4 Å². The molecule has 0 saturated heterocycles. The first-order chi connectivity index (χ1) is 10.5. The number of halogens is 2. The number of methoxy groups -OCH3 is 1. The molecule has 0 aliphatic heterocycles. The molecule has 1 aliphatic carbocycles. The van der Waals surface area contributed by atoms with Crippen molar-refractivity contribution >= 4 is 11.9 Å². The molecule has 2 rings (SSSR count). The standard InChI is InChI=1S/C16H17F2NO3/c1-22-16(21)14(12-9-11(17)7-8-13(12)18)19-15(20)10-5-3-2-4-6-10/h2-3,7-10,14H,4-6H2,1H3,(H,19,20)/t10-,14+/m0/s1. The Balaban J connectivity index is 2.23. The van der Waals surface area contributed by atoms with Gasteiger partial charge in [-0.3, -0.25) is 4.79 Å². The van der Waals surface area contributed by atoms with Crippen molar-refractivity contribution in [1.82, 2.24) is 5.32 Å². The highest BCUT2D eigenvalue weighted by Crippen LogP contribution is 2.23. The Morgan fingerprint density at radius 2 is 2.09 bits per heavy atom. The molecular weight excluding hydrogens is 292 g/mol. The van der Waals surface area contributed by atoms with E-state index in [4.69, 9.17) is 0 Å². The second-order valence-electron chi connectivity index (χ2n) is 5.11. The molecule has 2 atom stereocenters. The zero-order valence-electron chi connectivity index (χ0n) is 12.1. The maximum Gasteiger partial charge on any atom is 0.333 e. The van der Waals surface area contributed by atoms with Crippen molar-refractivity contribution in [2.45, 2.75) is 25.3 Å². The van der Waals surface area contributed by atoms with Crippen molar-refractivity contribution in [1.29, 1.82) is 0 Å². The van der Waals surface area contributed by atoms with Gasteiger partial charge in [0.05, 0.1) is 7.11 Å². The van der Waals surface area contributed by atoms with Crippen LogP contribution in [0.5, 0.6) is 0 Å². The van der Waals surface area contributed by atoms with Gasteiger partial charge in [-0.2, -0.15) is 0 Å². The zero-order chi connectivity index (χ0) is 16.1. The number of hydrogen-bond acceptors (Lipinski definition) is 3. The first-order valence-electron chi connectivity index (χ1n) is 7.01. The van der Waals surface area contributed by atoms with E-state index in [0.29, 0.717) is 12.8 Å². The van der Waals surface area contributed by atoms with E-state index < -0.39 is 23.6 Å². The Bertz CT molecular complexity index is 601. The minimum absolute atomic E-state index is 0.244. The van der Waals surface area contributed by atoms with Crippen LogP contribution in [0.1, 0.15) is 30.9 Å². The molecule has 0 unspecified atom stereocenters. The smallest absolute Gasteiger partial charge is 0.333 e. The molecular formula is C16H17F2NO3. The van der Waals surface area contributed by atoms with Gasteiger partial charge in [-0.25, -0.2) is 13.6 Å². The number of benzene rings is 1. The predicted octanol–water partition coefficient (Wildman–Crippen LogP) is 2.65. The van der Waals surface area contributed by atoms with Gasteiger partial charge >= 0.3 is 5.97 Å². The second-order valence-corrected chi connectivity index (χ2v) is 5.11. The van der Waals surface area contributed by atoms with Crippen LogP contribution < -0.4 is 5.32 Å². The van der Waals surface area contributed by atoms with Crippen molar-refractivity contribution in [3.8, 4) is 0 Å². The number of esters is 1. The van der Waals surface area contributed by atoms with Gasteiger partial charge in [0.2, 0.25) is 5.91 Å². The molecule has 1 aromatic rings. The quantitative estimate of drug-likeness (QED) is 0.687. The van der Waals surface area contributed by atoms with Crippen LogP contribution in [0.3, 0.4) is 0 Å². The Hall–Kier alpha value is -2.24. The van der Waals surface area contributed by atoms with Crippen LogP contribution >= 0.6 is 0 Å². The van der Waals surface area contributed by atoms with Gasteiger partial charge < -0.3 is 10.1 Å². The zero-order valence-corrected chi connectivity index (χ0v) is 12.1. The van der Waals surface area contributed by atoms with Crippen LogP contribution in [0.4, 0.5) is 8.78 Å². The van der Waals surface area contributed by atoms with Gasteiger partial charge in [-0.1, -0.05) is 12.2 Å². The molecule has 0 bridgehead atoms. The third-order valence-electron chi connectivity index (χ3n) is 3.63. The number of ether oxygens (including phenoxy) is 1. The van der Waals surface area contributed by atoms with Gasteiger partial charge in [0.15, 0.2) is 6.04 Å². The lowest BCUT2D eigenvalue weighted by atomic mass is 9.93. The molecule has 0 spiro atoms. The SMILES string of the molecule is COC(=O)[C@H](NC(=O)[C@H]1CC=CCC1)c1cc(F)ccc1F. The van der Waals surface area contributed by atoms with Gasteiger partial charge in [0.25, 0.3) is 0 Å². The third-order valence-corrected chi connectivity index (χ3v) is 3.63. The highest BCUT2D eigenvalue weighted by Gasteiger charge is 2.29. The summed E-state index contributed by atoms with van der Waals surface area (Å²) in [4.78, 5) is 24.1. The van der Waals surface area contributed by atoms with Gasteiger partial charge in [0.1, 0.15) is 11.6 Å². The number of amides is 1. The normalized spacial score (nSPS) is 18.6. The molecule has 1 aliphatic rings. The average Bonchev–Trinajstić information content (AvgIpc) is 2.55. The lowest BCUT2D eigenvalue weighted by Crippen LogP contribution is -2.39. The van der Waals surface area contributed by atoms with Crippen molar-refractivity contribution in [3.63, 3.8) is 0 Å². The Morgan fingerprint density at radius 1 is 1.32 bits per heavy atom. The van der Waals surface area contributed by atoms with Crippen molar-refractivity contribution in [2.75, 3.05) is 7.11 Å². The maximum absolute atomic E-state index is 13.9. The fourth-order valence-electron chi connectivity index (χ4n) is 2.41. The molecule has 22 heavy (non-hydrogen) atoms. The Morgan fingerprint density at radius 3 is 2.73 bits per heavy atom. The molecule has 4 nitrogen and oxygen atoms in total. The molecule has 0 heterocycles. The summed E-state index contributed by atoms with van der Waals surface area (Å²) in [6, 6.07) is 1.38. The fourth-order valence-corrected chi connectivity index (χ4v) is 2.41. The highest BCUT2D eigenvalue weighted by molar-refractivity contribution is 5.86. The van der Waals surface area contributed by atoms with E-state index in [1.165, 1.54) is 0 Å². The molecule has 0 saturated carbocycles. The Labute approximate surface area is 127 Å². The topological polar surface area (TPSA) is 55.4 Å². The van der Waals surface area contributed by atoms with Crippen molar-refractivity contribution in [2.24, 2.45) is 5.92 Å². The van der Waals surface area contributed by atoms with E-state index in [0.717, 1.165) is 31.7 Å². The van der Waals surface area contributed by atoms with Gasteiger partial charge in [0, 0.05) is 11.5 Å². The minimum Gasteiger partial charge on any atom is -0.467 e. The van der Waals surface area contributed by atoms with Crippen molar-refractivity contribution < 1.29 is 23.1 Å². The molecule has 0 aromatic heterocycles. The van der Waals surface area contributed by atoms with E-state index in [-0.39, 0.29) is 17.4 Å². The molecule has 6 heteroatoms. The fraction of sp³-hybridized carbons (Fsp3) is 0.375. The van der Waals surface area contributed by atoms with Crippen LogP contribution in [0.2, 0.25) is 0 Å². The lowest BCUT2D eigenvalue weighted by Gasteiger charge is -2.22. The molecule has 1 aromatic carbocycles. The number of allylic oxidation sites excluding steroid dienone is 2. The third kappa shape index (κ3) is 3.69.